The number of aromatic nitrogens is 2. The molecule has 3 rings (SSSR count). The van der Waals surface area contributed by atoms with Crippen LogP contribution in [0.15, 0.2) is 4.52 Å². The molecule has 3 heterocycles. The minimum Gasteiger partial charge on any atom is -0.367 e. The summed E-state index contributed by atoms with van der Waals surface area (Å²) in [4.78, 5) is 16.1. The van der Waals surface area contributed by atoms with E-state index < -0.39 is 5.60 Å². The average Bonchev–Trinajstić information content (AvgIpc) is 2.92. The summed E-state index contributed by atoms with van der Waals surface area (Å²) in [6, 6.07) is -0.294. The lowest BCUT2D eigenvalue weighted by atomic mass is 9.95. The van der Waals surface area contributed by atoms with Crippen LogP contribution in [0.2, 0.25) is 0 Å². The van der Waals surface area contributed by atoms with E-state index in [1.165, 1.54) is 0 Å². The lowest BCUT2D eigenvalue weighted by molar-refractivity contribution is -0.124. The van der Waals surface area contributed by atoms with Gasteiger partial charge in [-0.3, -0.25) is 4.79 Å². The Bertz CT molecular complexity index is 482. The fraction of sp³-hybridized carbons (Fsp3) is 0.769. The first-order valence-electron chi connectivity index (χ1n) is 7.15. The zero-order chi connectivity index (χ0) is 14.0. The van der Waals surface area contributed by atoms with Crippen LogP contribution >= 0.6 is 0 Å². The number of hydrogen-bond donors (Lipinski definition) is 2. The summed E-state index contributed by atoms with van der Waals surface area (Å²) in [5, 5.41) is 9.99. The number of nitrogens with zero attached hydrogens (tertiary/aromatic N) is 2. The monoisotopic (exact) mass is 280 g/mol. The Hall–Kier alpha value is -1.47. The number of hydrogen-bond acceptors (Lipinski definition) is 6. The maximum absolute atomic E-state index is 11.7. The number of rotatable bonds is 3. The zero-order valence-electron chi connectivity index (χ0n) is 11.6. The standard InChI is InChI=1S/C13H20N4O3/c1-13(4-2-3-7-19-13)12-16-10(20-17-12)8-9-11(18)15-6-5-14-9/h9,14H,2-8H2,1H3,(H,15,18). The van der Waals surface area contributed by atoms with Gasteiger partial charge >= 0.3 is 0 Å². The topological polar surface area (TPSA) is 89.3 Å². The SMILES string of the molecule is CC1(c2noc(CC3NCCNC3=O)n2)CCCCO1. The summed E-state index contributed by atoms with van der Waals surface area (Å²) in [5.74, 6) is 1.05. The van der Waals surface area contributed by atoms with Gasteiger partial charge in [0.1, 0.15) is 5.60 Å². The molecule has 1 aromatic heterocycles. The molecule has 2 aliphatic rings. The van der Waals surface area contributed by atoms with Gasteiger partial charge in [-0.25, -0.2) is 0 Å². The molecule has 2 aliphatic heterocycles. The van der Waals surface area contributed by atoms with E-state index in [1.54, 1.807) is 0 Å². The predicted octanol–water partition coefficient (Wildman–Crippen LogP) is 0.116. The van der Waals surface area contributed by atoms with Crippen molar-refractivity contribution in [2.24, 2.45) is 0 Å². The van der Waals surface area contributed by atoms with Crippen molar-refractivity contribution in [1.29, 1.82) is 0 Å². The van der Waals surface area contributed by atoms with Crippen LogP contribution in [0.5, 0.6) is 0 Å². The van der Waals surface area contributed by atoms with Crippen molar-refractivity contribution in [3.63, 3.8) is 0 Å². The molecule has 7 nitrogen and oxygen atoms in total. The summed E-state index contributed by atoms with van der Waals surface area (Å²) in [7, 11) is 0. The van der Waals surface area contributed by atoms with Crippen LogP contribution in [0.1, 0.15) is 37.9 Å². The average molecular weight is 280 g/mol. The highest BCUT2D eigenvalue weighted by atomic mass is 16.5. The van der Waals surface area contributed by atoms with E-state index in [-0.39, 0.29) is 11.9 Å². The van der Waals surface area contributed by atoms with Crippen molar-refractivity contribution in [3.8, 4) is 0 Å². The summed E-state index contributed by atoms with van der Waals surface area (Å²) in [5.41, 5.74) is -0.456. The van der Waals surface area contributed by atoms with Crippen LogP contribution in [-0.4, -0.2) is 41.8 Å². The Kier molecular flexibility index (Phi) is 3.71. The Morgan fingerprint density at radius 3 is 3.05 bits per heavy atom. The maximum Gasteiger partial charge on any atom is 0.237 e. The van der Waals surface area contributed by atoms with Gasteiger partial charge in [-0.05, 0) is 26.2 Å². The highest BCUT2D eigenvalue weighted by molar-refractivity contribution is 5.82. The molecule has 0 saturated carbocycles. The lowest BCUT2D eigenvalue weighted by Crippen LogP contribution is -2.53. The van der Waals surface area contributed by atoms with Gasteiger partial charge in [0.25, 0.3) is 0 Å². The van der Waals surface area contributed by atoms with Crippen molar-refractivity contribution in [2.75, 3.05) is 19.7 Å². The molecule has 0 aliphatic carbocycles. The first kappa shape index (κ1) is 13.5. The summed E-state index contributed by atoms with van der Waals surface area (Å²) in [6.45, 7) is 4.15. The minimum absolute atomic E-state index is 0.0175. The molecule has 20 heavy (non-hydrogen) atoms. The molecule has 0 spiro atoms. The molecule has 2 saturated heterocycles. The largest absolute Gasteiger partial charge is 0.367 e. The molecule has 1 aromatic rings. The smallest absolute Gasteiger partial charge is 0.237 e. The van der Waals surface area contributed by atoms with Gasteiger partial charge in [-0.15, -0.1) is 0 Å². The number of piperazine rings is 1. The van der Waals surface area contributed by atoms with E-state index in [9.17, 15) is 4.79 Å². The van der Waals surface area contributed by atoms with Crippen molar-refractivity contribution in [2.45, 2.75) is 44.2 Å². The highest BCUT2D eigenvalue weighted by Crippen LogP contribution is 2.32. The molecule has 2 fully saturated rings. The second-order valence-electron chi connectivity index (χ2n) is 5.55. The Balaban J connectivity index is 1.68. The molecule has 2 unspecified atom stereocenters. The van der Waals surface area contributed by atoms with Crippen LogP contribution in [0.25, 0.3) is 0 Å². The third-order valence-electron chi connectivity index (χ3n) is 3.92. The van der Waals surface area contributed by atoms with Crippen LogP contribution in [-0.2, 0) is 21.6 Å². The van der Waals surface area contributed by atoms with Gasteiger partial charge in [0.15, 0.2) is 0 Å². The molecule has 110 valence electrons. The van der Waals surface area contributed by atoms with Crippen molar-refractivity contribution in [1.82, 2.24) is 20.8 Å². The van der Waals surface area contributed by atoms with Gasteiger partial charge in [-0.1, -0.05) is 5.16 Å². The number of nitrogens with one attached hydrogen (secondary N) is 2. The molecule has 7 heteroatoms. The van der Waals surface area contributed by atoms with Crippen LogP contribution in [0.3, 0.4) is 0 Å². The van der Waals surface area contributed by atoms with E-state index in [0.717, 1.165) is 32.4 Å². The van der Waals surface area contributed by atoms with E-state index in [0.29, 0.717) is 24.7 Å². The number of amides is 1. The summed E-state index contributed by atoms with van der Waals surface area (Å²) >= 11 is 0. The normalized spacial score (nSPS) is 31.1. The van der Waals surface area contributed by atoms with E-state index in [1.807, 2.05) is 6.92 Å². The quantitative estimate of drug-likeness (QED) is 0.817. The van der Waals surface area contributed by atoms with Gasteiger partial charge in [0, 0.05) is 19.7 Å². The fourth-order valence-corrected chi connectivity index (χ4v) is 2.65. The first-order valence-corrected chi connectivity index (χ1v) is 7.15. The Morgan fingerprint density at radius 1 is 1.40 bits per heavy atom. The van der Waals surface area contributed by atoms with Gasteiger partial charge in [-0.2, -0.15) is 4.98 Å². The van der Waals surface area contributed by atoms with Gasteiger partial charge < -0.3 is 19.9 Å². The van der Waals surface area contributed by atoms with Crippen LogP contribution in [0.4, 0.5) is 0 Å². The Labute approximate surface area is 117 Å². The Morgan fingerprint density at radius 2 is 2.30 bits per heavy atom. The number of carbonyl (C=O) groups excluding carboxylic acids is 1. The second kappa shape index (κ2) is 5.49. The predicted molar refractivity (Wildman–Crippen MR) is 70.0 cm³/mol. The fourth-order valence-electron chi connectivity index (χ4n) is 2.65. The molecule has 2 atom stereocenters. The molecular formula is C13H20N4O3. The van der Waals surface area contributed by atoms with Crippen LogP contribution < -0.4 is 10.6 Å². The first-order chi connectivity index (χ1) is 9.67. The molecule has 2 N–H and O–H groups in total. The van der Waals surface area contributed by atoms with E-state index >= 15 is 0 Å². The molecular weight excluding hydrogens is 260 g/mol. The summed E-state index contributed by atoms with van der Waals surface area (Å²) in [6.07, 6.45) is 3.49. The molecule has 0 bridgehead atoms. The molecule has 0 aromatic carbocycles. The molecule has 1 amide bonds. The van der Waals surface area contributed by atoms with Gasteiger partial charge in [0.2, 0.25) is 17.6 Å². The number of ether oxygens (including phenoxy) is 1. The minimum atomic E-state index is -0.456. The van der Waals surface area contributed by atoms with E-state index in [2.05, 4.69) is 20.8 Å². The highest BCUT2D eigenvalue weighted by Gasteiger charge is 2.35. The van der Waals surface area contributed by atoms with Crippen molar-refractivity contribution >= 4 is 5.91 Å². The van der Waals surface area contributed by atoms with Crippen molar-refractivity contribution < 1.29 is 14.1 Å². The second-order valence-corrected chi connectivity index (χ2v) is 5.55. The van der Waals surface area contributed by atoms with Crippen LogP contribution in [0, 0.1) is 0 Å². The third kappa shape index (κ3) is 2.69. The lowest BCUT2D eigenvalue weighted by Gasteiger charge is -2.30. The maximum atomic E-state index is 11.7. The molecule has 0 radical (unpaired) electrons. The van der Waals surface area contributed by atoms with Gasteiger partial charge in [0.05, 0.1) is 12.5 Å². The van der Waals surface area contributed by atoms with E-state index in [4.69, 9.17) is 9.26 Å². The van der Waals surface area contributed by atoms with Crippen molar-refractivity contribution in [3.05, 3.63) is 11.7 Å². The summed E-state index contributed by atoms with van der Waals surface area (Å²) < 4.78 is 11.1. The third-order valence-corrected chi connectivity index (χ3v) is 3.92. The number of carbonyl (C=O) groups is 1. The zero-order valence-corrected chi connectivity index (χ0v) is 11.6.